The van der Waals surface area contributed by atoms with E-state index in [-0.39, 0.29) is 36.5 Å². The monoisotopic (exact) mass is 575 g/mol. The number of esters is 1. The van der Waals surface area contributed by atoms with Gasteiger partial charge in [0.2, 0.25) is 0 Å². The van der Waals surface area contributed by atoms with Crippen molar-refractivity contribution in [2.45, 2.75) is 31.7 Å². The molecule has 1 fully saturated rings. The number of nitrogens with zero attached hydrogens (tertiary/aromatic N) is 7. The number of halogens is 4. The number of ether oxygens (including phenoxy) is 1. The number of nitrogen functional groups attached to an aromatic ring is 1. The van der Waals surface area contributed by atoms with Crippen LogP contribution in [0.2, 0.25) is 5.02 Å². The van der Waals surface area contributed by atoms with Crippen LogP contribution in [0, 0.1) is 17.2 Å². The number of nitriles is 1. The summed E-state index contributed by atoms with van der Waals surface area (Å²) in [6.07, 6.45) is -0.437. The van der Waals surface area contributed by atoms with E-state index in [1.807, 2.05) is 0 Å². The number of fused-ring (bicyclic) bond motifs is 2. The third kappa shape index (κ3) is 4.93. The van der Waals surface area contributed by atoms with Gasteiger partial charge in [-0.15, -0.1) is 5.10 Å². The highest BCUT2D eigenvalue weighted by molar-refractivity contribution is 6.34. The number of pyridine rings is 1. The number of carbonyl (C=O) groups excluding carboxylic acids is 2. The number of anilines is 2. The molecule has 3 atom stereocenters. The van der Waals surface area contributed by atoms with Gasteiger partial charge in [0.15, 0.2) is 11.5 Å². The van der Waals surface area contributed by atoms with Gasteiger partial charge in [0, 0.05) is 30.9 Å². The number of rotatable bonds is 5. The van der Waals surface area contributed by atoms with Crippen molar-refractivity contribution in [2.24, 2.45) is 5.92 Å². The Hall–Kier alpha value is -4.58. The number of aromatic nitrogens is 5. The fourth-order valence-corrected chi connectivity index (χ4v) is 5.06. The Kier molecular flexibility index (Phi) is 6.88. The van der Waals surface area contributed by atoms with Crippen molar-refractivity contribution in [3.8, 4) is 6.07 Å². The molecule has 1 amide bonds. The third-order valence-corrected chi connectivity index (χ3v) is 6.82. The van der Waals surface area contributed by atoms with Gasteiger partial charge in [-0.1, -0.05) is 11.6 Å². The summed E-state index contributed by atoms with van der Waals surface area (Å²) in [5, 5.41) is 16.9. The van der Waals surface area contributed by atoms with E-state index in [1.54, 1.807) is 34.6 Å². The molecule has 5 rings (SSSR count). The van der Waals surface area contributed by atoms with E-state index in [0.717, 1.165) is 0 Å². The first-order valence-corrected chi connectivity index (χ1v) is 12.3. The van der Waals surface area contributed by atoms with Gasteiger partial charge in [0.05, 0.1) is 41.3 Å². The predicted octanol–water partition coefficient (Wildman–Crippen LogP) is 2.93. The zero-order valence-corrected chi connectivity index (χ0v) is 21.5. The highest BCUT2D eigenvalue weighted by atomic mass is 35.5. The highest BCUT2D eigenvalue weighted by Gasteiger charge is 2.44. The molecule has 0 radical (unpaired) electrons. The molecule has 16 heteroatoms. The number of hydrogen-bond acceptors (Lipinski definition) is 9. The van der Waals surface area contributed by atoms with Crippen LogP contribution < -0.4 is 16.0 Å². The number of imidazole rings is 1. The maximum atomic E-state index is 13.3. The van der Waals surface area contributed by atoms with Crippen molar-refractivity contribution >= 4 is 46.3 Å². The summed E-state index contributed by atoms with van der Waals surface area (Å²) in [5.74, 6) is -3.29. The van der Waals surface area contributed by atoms with Gasteiger partial charge < -0.3 is 20.7 Å². The molecule has 1 unspecified atom stereocenters. The van der Waals surface area contributed by atoms with E-state index in [0.29, 0.717) is 21.9 Å². The Morgan fingerprint density at radius 1 is 1.35 bits per heavy atom. The fraction of sp³-hybridized carbons (Fsp3) is 0.333. The van der Waals surface area contributed by atoms with Crippen molar-refractivity contribution in [3.63, 3.8) is 0 Å². The van der Waals surface area contributed by atoms with Gasteiger partial charge >= 0.3 is 12.1 Å². The van der Waals surface area contributed by atoms with Gasteiger partial charge in [-0.3, -0.25) is 9.20 Å². The second-order valence-corrected chi connectivity index (χ2v) is 9.66. The van der Waals surface area contributed by atoms with Crippen LogP contribution in [0.1, 0.15) is 35.3 Å². The van der Waals surface area contributed by atoms with Gasteiger partial charge in [-0.2, -0.15) is 18.4 Å². The Balaban J connectivity index is 1.52. The van der Waals surface area contributed by atoms with Crippen LogP contribution in [0.5, 0.6) is 0 Å². The van der Waals surface area contributed by atoms with Crippen LogP contribution in [0.4, 0.5) is 24.8 Å². The smallest absolute Gasteiger partial charge is 0.454 e. The summed E-state index contributed by atoms with van der Waals surface area (Å²) in [4.78, 5) is 34.8. The number of carbonyl (C=O) groups is 2. The zero-order valence-electron chi connectivity index (χ0n) is 20.8. The predicted molar refractivity (Wildman–Crippen MR) is 135 cm³/mol. The van der Waals surface area contributed by atoms with Crippen LogP contribution in [-0.2, 0) is 9.53 Å². The molecular formula is C24H21ClF3N9O3. The molecular weight excluding hydrogens is 555 g/mol. The quantitative estimate of drug-likeness (QED) is 0.342. The minimum absolute atomic E-state index is 0.0334. The Morgan fingerprint density at radius 3 is 2.85 bits per heavy atom. The molecule has 5 heterocycles. The molecule has 12 nitrogen and oxygen atoms in total. The van der Waals surface area contributed by atoms with Crippen LogP contribution in [0.3, 0.4) is 0 Å². The Labute approximate surface area is 229 Å². The second-order valence-electron chi connectivity index (χ2n) is 9.26. The molecule has 0 spiro atoms. The van der Waals surface area contributed by atoms with Gasteiger partial charge in [0.25, 0.3) is 5.91 Å². The first-order chi connectivity index (χ1) is 19.0. The van der Waals surface area contributed by atoms with E-state index in [2.05, 4.69) is 26.5 Å². The fourth-order valence-electron chi connectivity index (χ4n) is 4.80. The molecule has 0 bridgehead atoms. The topological polar surface area (TPSA) is 156 Å². The number of piperidine rings is 1. The number of amides is 1. The second kappa shape index (κ2) is 10.2. The van der Waals surface area contributed by atoms with Crippen LogP contribution in [-0.4, -0.2) is 61.2 Å². The first-order valence-electron chi connectivity index (χ1n) is 11.9. The van der Waals surface area contributed by atoms with E-state index in [4.69, 9.17) is 22.1 Å². The summed E-state index contributed by atoms with van der Waals surface area (Å²) in [5.41, 5.74) is 7.24. The molecule has 1 aliphatic rings. The minimum Gasteiger partial charge on any atom is -0.454 e. The van der Waals surface area contributed by atoms with Crippen molar-refractivity contribution in [3.05, 3.63) is 53.2 Å². The minimum atomic E-state index is -5.18. The first kappa shape index (κ1) is 27.0. The average Bonchev–Trinajstić information content (AvgIpc) is 3.52. The Bertz CT molecular complexity index is 1660. The molecule has 4 aromatic heterocycles. The number of hydrogen-bond donors (Lipinski definition) is 2. The molecule has 208 valence electrons. The summed E-state index contributed by atoms with van der Waals surface area (Å²) < 4.78 is 46.4. The maximum absolute atomic E-state index is 13.3. The van der Waals surface area contributed by atoms with Crippen molar-refractivity contribution in [2.75, 3.05) is 23.7 Å². The average molecular weight is 576 g/mol. The van der Waals surface area contributed by atoms with Crippen molar-refractivity contribution in [1.29, 1.82) is 5.26 Å². The van der Waals surface area contributed by atoms with E-state index < -0.39 is 36.1 Å². The summed E-state index contributed by atoms with van der Waals surface area (Å²) >= 11 is 6.52. The number of nitrogens with one attached hydrogen (secondary N) is 1. The van der Waals surface area contributed by atoms with Crippen molar-refractivity contribution in [1.82, 2.24) is 29.3 Å². The van der Waals surface area contributed by atoms with E-state index in [1.165, 1.54) is 23.2 Å². The molecule has 1 saturated heterocycles. The maximum Gasteiger partial charge on any atom is 0.490 e. The lowest BCUT2D eigenvalue weighted by molar-refractivity contribution is -0.205. The Morgan fingerprint density at radius 2 is 2.12 bits per heavy atom. The van der Waals surface area contributed by atoms with Gasteiger partial charge in [0.1, 0.15) is 23.8 Å². The van der Waals surface area contributed by atoms with Crippen molar-refractivity contribution < 1.29 is 27.5 Å². The largest absolute Gasteiger partial charge is 0.490 e. The molecule has 0 aliphatic carbocycles. The third-order valence-electron chi connectivity index (χ3n) is 6.51. The standard InChI is InChI=1S/C24H21ClF3N9O3/c1-12(33-21(38)18-19(30)34-37-4-2-3-32-20(18)37)15-6-16(25)17-8-31-11-36(17)22(15)35-9-13(7-29)5-14(10-35)40-23(39)24(26,27)28/h2-4,6,8,11-14H,5,9-10H2,1H3,(H2,30,34)(H,33,38)/t12?,13-,14-/m1/s1. The molecule has 3 N–H and O–H groups in total. The molecule has 1 aliphatic heterocycles. The molecule has 0 aromatic carbocycles. The lowest BCUT2D eigenvalue weighted by Gasteiger charge is -2.38. The number of nitrogens with two attached hydrogens (primary N) is 1. The molecule has 0 saturated carbocycles. The van der Waals surface area contributed by atoms with Gasteiger partial charge in [-0.25, -0.2) is 19.3 Å². The summed E-state index contributed by atoms with van der Waals surface area (Å²) in [6.45, 7) is 1.65. The zero-order chi connectivity index (χ0) is 28.8. The van der Waals surface area contributed by atoms with Gasteiger partial charge in [-0.05, 0) is 19.1 Å². The SMILES string of the molecule is CC(NC(=O)c1c(N)nn2cccnc12)c1cc(Cl)c2cncn2c1N1C[C@@H](C#N)C[C@@H](OC(=O)C(F)(F)F)C1. The normalized spacial score (nSPS) is 18.4. The summed E-state index contributed by atoms with van der Waals surface area (Å²) in [7, 11) is 0. The van der Waals surface area contributed by atoms with E-state index >= 15 is 0 Å². The summed E-state index contributed by atoms with van der Waals surface area (Å²) in [6, 6.07) is 4.55. The number of alkyl halides is 3. The van der Waals surface area contributed by atoms with Crippen LogP contribution in [0.15, 0.2) is 37.1 Å². The highest BCUT2D eigenvalue weighted by Crippen LogP contribution is 2.36. The van der Waals surface area contributed by atoms with Crippen LogP contribution in [0.25, 0.3) is 11.2 Å². The molecule has 4 aromatic rings. The molecule has 40 heavy (non-hydrogen) atoms. The lowest BCUT2D eigenvalue weighted by atomic mass is 9.96. The van der Waals surface area contributed by atoms with Crippen LogP contribution >= 0.6 is 11.6 Å². The lowest BCUT2D eigenvalue weighted by Crippen LogP contribution is -2.47. The van der Waals surface area contributed by atoms with E-state index in [9.17, 15) is 28.0 Å².